The Bertz CT molecular complexity index is 1180. The van der Waals surface area contributed by atoms with Gasteiger partial charge in [-0.3, -0.25) is 14.5 Å². The molecule has 0 saturated heterocycles. The van der Waals surface area contributed by atoms with E-state index in [-0.39, 0.29) is 24.1 Å². The SMILES string of the molecule is COc1ccccc1CN1C(=O)C(Nc2ccc(C)c(C)c2)=C(c2ccccc2)C1=O. The molecule has 5 heteroatoms. The number of nitrogens with one attached hydrogen (secondary N) is 1. The van der Waals surface area contributed by atoms with Crippen molar-refractivity contribution >= 4 is 23.1 Å². The Hall–Kier alpha value is -3.86. The number of benzene rings is 3. The summed E-state index contributed by atoms with van der Waals surface area (Å²) in [4.78, 5) is 28.1. The minimum absolute atomic E-state index is 0.135. The molecule has 156 valence electrons. The first-order valence-electron chi connectivity index (χ1n) is 10.1. The van der Waals surface area contributed by atoms with Crippen LogP contribution in [0.4, 0.5) is 5.69 Å². The molecule has 0 unspecified atom stereocenters. The number of carbonyl (C=O) groups excluding carboxylic acids is 2. The summed E-state index contributed by atoms with van der Waals surface area (Å²) in [6.07, 6.45) is 0. The molecular weight excluding hydrogens is 388 g/mol. The lowest BCUT2D eigenvalue weighted by molar-refractivity contribution is -0.137. The summed E-state index contributed by atoms with van der Waals surface area (Å²) in [6.45, 7) is 4.19. The third-order valence-corrected chi connectivity index (χ3v) is 5.53. The highest BCUT2D eigenvalue weighted by Crippen LogP contribution is 2.33. The molecule has 0 bridgehead atoms. The maximum atomic E-state index is 13.4. The fraction of sp³-hybridized carbons (Fsp3) is 0.154. The average molecular weight is 412 g/mol. The zero-order valence-corrected chi connectivity index (χ0v) is 17.8. The van der Waals surface area contributed by atoms with Crippen molar-refractivity contribution < 1.29 is 14.3 Å². The highest BCUT2D eigenvalue weighted by Gasteiger charge is 2.39. The van der Waals surface area contributed by atoms with Gasteiger partial charge in [0.2, 0.25) is 0 Å². The second-order valence-electron chi connectivity index (χ2n) is 7.55. The van der Waals surface area contributed by atoms with Crippen LogP contribution >= 0.6 is 0 Å². The molecule has 3 aromatic rings. The Morgan fingerprint density at radius 3 is 2.26 bits per heavy atom. The lowest BCUT2D eigenvalue weighted by Crippen LogP contribution is -2.32. The van der Waals surface area contributed by atoms with E-state index in [4.69, 9.17) is 4.74 Å². The molecule has 4 rings (SSSR count). The number of amides is 2. The third kappa shape index (κ3) is 3.94. The largest absolute Gasteiger partial charge is 0.496 e. The molecule has 0 aromatic heterocycles. The van der Waals surface area contributed by atoms with E-state index in [1.54, 1.807) is 7.11 Å². The van der Waals surface area contributed by atoms with Gasteiger partial charge in [0, 0.05) is 11.3 Å². The zero-order chi connectivity index (χ0) is 22.0. The van der Waals surface area contributed by atoms with Gasteiger partial charge in [-0.25, -0.2) is 0 Å². The maximum absolute atomic E-state index is 13.4. The molecule has 0 aliphatic carbocycles. The van der Waals surface area contributed by atoms with Crippen LogP contribution < -0.4 is 10.1 Å². The predicted octanol–water partition coefficient (Wildman–Crippen LogP) is 4.70. The van der Waals surface area contributed by atoms with Crippen molar-refractivity contribution in [3.05, 3.63) is 101 Å². The number of carbonyl (C=O) groups is 2. The number of para-hydroxylation sites is 1. The van der Waals surface area contributed by atoms with Gasteiger partial charge in [0.25, 0.3) is 11.8 Å². The first-order chi connectivity index (χ1) is 15.0. The van der Waals surface area contributed by atoms with Gasteiger partial charge in [-0.15, -0.1) is 0 Å². The Morgan fingerprint density at radius 1 is 0.839 bits per heavy atom. The molecule has 1 heterocycles. The summed E-state index contributed by atoms with van der Waals surface area (Å²) >= 11 is 0. The molecule has 1 aliphatic heterocycles. The van der Waals surface area contributed by atoms with E-state index >= 15 is 0 Å². The molecule has 0 radical (unpaired) electrons. The minimum atomic E-state index is -0.354. The molecule has 0 spiro atoms. The standard InChI is InChI=1S/C26H24N2O3/c1-17-13-14-21(15-18(17)2)27-24-23(19-9-5-4-6-10-19)25(29)28(26(24)30)16-20-11-7-8-12-22(20)31-3/h4-15,27H,16H2,1-3H3. The van der Waals surface area contributed by atoms with Crippen LogP contribution in [0.2, 0.25) is 0 Å². The van der Waals surface area contributed by atoms with Crippen LogP contribution in [0.25, 0.3) is 5.57 Å². The number of aryl methyl sites for hydroxylation is 2. The number of imide groups is 1. The number of methoxy groups -OCH3 is 1. The molecule has 0 saturated carbocycles. The molecule has 5 nitrogen and oxygen atoms in total. The van der Waals surface area contributed by atoms with E-state index in [9.17, 15) is 9.59 Å². The molecule has 31 heavy (non-hydrogen) atoms. The lowest BCUT2D eigenvalue weighted by Gasteiger charge is -2.17. The topological polar surface area (TPSA) is 58.6 Å². The number of nitrogens with zero attached hydrogens (tertiary/aromatic N) is 1. The quantitative estimate of drug-likeness (QED) is 0.596. The summed E-state index contributed by atoms with van der Waals surface area (Å²) in [7, 11) is 1.58. The molecule has 3 aromatic carbocycles. The van der Waals surface area contributed by atoms with E-state index in [1.165, 1.54) is 4.90 Å². The van der Waals surface area contributed by atoms with Crippen molar-refractivity contribution in [2.75, 3.05) is 12.4 Å². The minimum Gasteiger partial charge on any atom is -0.496 e. The summed E-state index contributed by atoms with van der Waals surface area (Å²) in [6, 6.07) is 22.6. The average Bonchev–Trinajstić information content (AvgIpc) is 3.01. The maximum Gasteiger partial charge on any atom is 0.278 e. The molecule has 1 N–H and O–H groups in total. The Morgan fingerprint density at radius 2 is 1.55 bits per heavy atom. The van der Waals surface area contributed by atoms with Crippen molar-refractivity contribution in [2.24, 2.45) is 0 Å². The number of hydrogen-bond acceptors (Lipinski definition) is 4. The normalized spacial score (nSPS) is 13.7. The van der Waals surface area contributed by atoms with Crippen LogP contribution in [0, 0.1) is 13.8 Å². The van der Waals surface area contributed by atoms with Crippen LogP contribution in [0.1, 0.15) is 22.3 Å². The van der Waals surface area contributed by atoms with Crippen LogP contribution in [-0.2, 0) is 16.1 Å². The Kier molecular flexibility index (Phi) is 5.58. The van der Waals surface area contributed by atoms with E-state index < -0.39 is 0 Å². The number of ether oxygens (including phenoxy) is 1. The molecule has 1 aliphatic rings. The summed E-state index contributed by atoms with van der Waals surface area (Å²) in [5.41, 5.74) is 5.17. The summed E-state index contributed by atoms with van der Waals surface area (Å²) < 4.78 is 5.41. The van der Waals surface area contributed by atoms with Crippen LogP contribution in [0.15, 0.2) is 78.5 Å². The number of anilines is 1. The lowest BCUT2D eigenvalue weighted by atomic mass is 10.0. The van der Waals surface area contributed by atoms with Gasteiger partial charge in [-0.05, 0) is 48.7 Å². The van der Waals surface area contributed by atoms with Gasteiger partial charge in [0.1, 0.15) is 11.4 Å². The fourth-order valence-corrected chi connectivity index (χ4v) is 3.68. The second kappa shape index (κ2) is 8.48. The van der Waals surface area contributed by atoms with Gasteiger partial charge >= 0.3 is 0 Å². The van der Waals surface area contributed by atoms with Gasteiger partial charge in [-0.1, -0.05) is 54.6 Å². The molecule has 0 fully saturated rings. The van der Waals surface area contributed by atoms with Crippen LogP contribution in [0.5, 0.6) is 5.75 Å². The van der Waals surface area contributed by atoms with Crippen molar-refractivity contribution in [3.8, 4) is 5.75 Å². The van der Waals surface area contributed by atoms with Crippen molar-refractivity contribution in [3.63, 3.8) is 0 Å². The zero-order valence-electron chi connectivity index (χ0n) is 17.8. The Labute approximate surface area is 182 Å². The van der Waals surface area contributed by atoms with Crippen LogP contribution in [-0.4, -0.2) is 23.8 Å². The predicted molar refractivity (Wildman–Crippen MR) is 121 cm³/mol. The van der Waals surface area contributed by atoms with E-state index in [0.29, 0.717) is 16.9 Å². The van der Waals surface area contributed by atoms with Crippen molar-refractivity contribution in [2.45, 2.75) is 20.4 Å². The van der Waals surface area contributed by atoms with Crippen molar-refractivity contribution in [1.82, 2.24) is 4.90 Å². The third-order valence-electron chi connectivity index (χ3n) is 5.53. The number of rotatable bonds is 6. The van der Waals surface area contributed by atoms with E-state index in [2.05, 4.69) is 5.32 Å². The van der Waals surface area contributed by atoms with Gasteiger partial charge in [-0.2, -0.15) is 0 Å². The first-order valence-corrected chi connectivity index (χ1v) is 10.1. The Balaban J connectivity index is 1.74. The monoisotopic (exact) mass is 412 g/mol. The first kappa shape index (κ1) is 20.4. The van der Waals surface area contributed by atoms with Gasteiger partial charge in [0.05, 0.1) is 19.2 Å². The molecule has 0 atom stereocenters. The highest BCUT2D eigenvalue weighted by atomic mass is 16.5. The van der Waals surface area contributed by atoms with E-state index in [1.807, 2.05) is 86.6 Å². The smallest absolute Gasteiger partial charge is 0.278 e. The van der Waals surface area contributed by atoms with Gasteiger partial charge in [0.15, 0.2) is 0 Å². The molecule has 2 amide bonds. The van der Waals surface area contributed by atoms with Gasteiger partial charge < -0.3 is 10.1 Å². The fourth-order valence-electron chi connectivity index (χ4n) is 3.68. The van der Waals surface area contributed by atoms with Crippen molar-refractivity contribution in [1.29, 1.82) is 0 Å². The highest BCUT2D eigenvalue weighted by molar-refractivity contribution is 6.36. The van der Waals surface area contributed by atoms with Crippen LogP contribution in [0.3, 0.4) is 0 Å². The summed E-state index contributed by atoms with van der Waals surface area (Å²) in [5.74, 6) is -0.0404. The molecular formula is C26H24N2O3. The number of hydrogen-bond donors (Lipinski definition) is 1. The summed E-state index contributed by atoms with van der Waals surface area (Å²) in [5, 5.41) is 3.22. The second-order valence-corrected chi connectivity index (χ2v) is 7.55. The van der Waals surface area contributed by atoms with E-state index in [0.717, 1.165) is 22.4 Å².